The van der Waals surface area contributed by atoms with Crippen molar-refractivity contribution in [3.63, 3.8) is 0 Å². The van der Waals surface area contributed by atoms with Gasteiger partial charge in [0.05, 0.1) is 17.3 Å². The highest BCUT2D eigenvalue weighted by Crippen LogP contribution is 2.18. The number of rotatable bonds is 7. The molecule has 1 atom stereocenters. The van der Waals surface area contributed by atoms with E-state index in [0.717, 1.165) is 5.56 Å². The maximum atomic E-state index is 12.7. The van der Waals surface area contributed by atoms with Crippen molar-refractivity contribution in [3.05, 3.63) is 95.8 Å². The largest absolute Gasteiger partial charge is 0.451 e. The predicted molar refractivity (Wildman–Crippen MR) is 112 cm³/mol. The van der Waals surface area contributed by atoms with Crippen LogP contribution < -0.4 is 10.6 Å². The van der Waals surface area contributed by atoms with E-state index in [9.17, 15) is 14.4 Å². The van der Waals surface area contributed by atoms with Gasteiger partial charge in [0.25, 0.3) is 11.8 Å². The van der Waals surface area contributed by atoms with E-state index in [0.29, 0.717) is 11.3 Å². The van der Waals surface area contributed by atoms with Crippen LogP contribution in [0.15, 0.2) is 79.0 Å². The van der Waals surface area contributed by atoms with Gasteiger partial charge in [0.15, 0.2) is 6.61 Å². The highest BCUT2D eigenvalue weighted by Gasteiger charge is 2.17. The number of nitrogens with zero attached hydrogens (tertiary/aromatic N) is 1. The predicted octanol–water partition coefficient (Wildman–Crippen LogP) is 3.37. The van der Waals surface area contributed by atoms with Gasteiger partial charge in [-0.2, -0.15) is 0 Å². The molecule has 2 aromatic carbocycles. The smallest absolute Gasteiger partial charge is 0.357 e. The number of ether oxygens (including phenoxy) is 1. The van der Waals surface area contributed by atoms with E-state index < -0.39 is 18.5 Å². The van der Waals surface area contributed by atoms with Crippen molar-refractivity contribution in [2.45, 2.75) is 13.0 Å². The first-order valence-electron chi connectivity index (χ1n) is 9.37. The molecule has 0 bridgehead atoms. The molecule has 0 aliphatic carbocycles. The Balaban J connectivity index is 1.61. The molecule has 7 nitrogen and oxygen atoms in total. The van der Waals surface area contributed by atoms with Crippen molar-refractivity contribution in [3.8, 4) is 0 Å². The van der Waals surface area contributed by atoms with Crippen LogP contribution in [0.1, 0.15) is 39.4 Å². The van der Waals surface area contributed by atoms with Gasteiger partial charge in [-0.15, -0.1) is 0 Å². The molecule has 0 radical (unpaired) electrons. The molecule has 0 unspecified atom stereocenters. The third kappa shape index (κ3) is 5.51. The minimum Gasteiger partial charge on any atom is -0.451 e. The van der Waals surface area contributed by atoms with E-state index in [4.69, 9.17) is 4.74 Å². The van der Waals surface area contributed by atoms with Gasteiger partial charge in [0.1, 0.15) is 5.69 Å². The second kappa shape index (κ2) is 9.97. The van der Waals surface area contributed by atoms with E-state index in [2.05, 4.69) is 15.6 Å². The summed E-state index contributed by atoms with van der Waals surface area (Å²) in [6, 6.07) is 20.8. The zero-order chi connectivity index (χ0) is 21.3. The average Bonchev–Trinajstić information content (AvgIpc) is 2.79. The van der Waals surface area contributed by atoms with Crippen LogP contribution in [0.2, 0.25) is 0 Å². The van der Waals surface area contributed by atoms with Gasteiger partial charge in [0.2, 0.25) is 0 Å². The highest BCUT2D eigenvalue weighted by molar-refractivity contribution is 6.04. The van der Waals surface area contributed by atoms with Crippen LogP contribution in [0.4, 0.5) is 5.69 Å². The number of benzene rings is 2. The van der Waals surface area contributed by atoms with Crippen LogP contribution in [0.3, 0.4) is 0 Å². The summed E-state index contributed by atoms with van der Waals surface area (Å²) in [7, 11) is 0. The summed E-state index contributed by atoms with van der Waals surface area (Å²) in [5.41, 5.74) is 1.72. The van der Waals surface area contributed by atoms with Gasteiger partial charge in [0, 0.05) is 6.20 Å². The van der Waals surface area contributed by atoms with E-state index >= 15 is 0 Å². The molecule has 0 aliphatic rings. The molecule has 0 aliphatic heterocycles. The molecule has 1 heterocycles. The number of hydrogen-bond acceptors (Lipinski definition) is 5. The Morgan fingerprint density at radius 3 is 2.37 bits per heavy atom. The molecular weight excluding hydrogens is 382 g/mol. The van der Waals surface area contributed by atoms with Crippen LogP contribution in [-0.4, -0.2) is 29.4 Å². The summed E-state index contributed by atoms with van der Waals surface area (Å²) >= 11 is 0. The van der Waals surface area contributed by atoms with Crippen LogP contribution in [-0.2, 0) is 9.53 Å². The van der Waals surface area contributed by atoms with Crippen molar-refractivity contribution in [2.75, 3.05) is 11.9 Å². The molecule has 152 valence electrons. The first-order chi connectivity index (χ1) is 14.5. The topological polar surface area (TPSA) is 97.4 Å². The molecule has 0 fully saturated rings. The van der Waals surface area contributed by atoms with Crippen LogP contribution in [0.25, 0.3) is 0 Å². The van der Waals surface area contributed by atoms with Crippen molar-refractivity contribution >= 4 is 23.5 Å². The summed E-state index contributed by atoms with van der Waals surface area (Å²) in [6.45, 7) is 1.39. The second-order valence-electron chi connectivity index (χ2n) is 6.49. The standard InChI is InChI=1S/C23H21N3O4/c1-16(17-9-3-2-4-10-17)25-22(28)18-11-5-6-12-19(18)26-21(27)15-30-23(29)20-13-7-8-14-24-20/h2-14,16H,15H2,1H3,(H,25,28)(H,26,27)/t16-/m1/s1. The fraction of sp³-hybridized carbons (Fsp3) is 0.130. The first-order valence-corrected chi connectivity index (χ1v) is 9.37. The molecule has 2 N–H and O–H groups in total. The zero-order valence-corrected chi connectivity index (χ0v) is 16.4. The third-order valence-electron chi connectivity index (χ3n) is 4.30. The third-order valence-corrected chi connectivity index (χ3v) is 4.30. The summed E-state index contributed by atoms with van der Waals surface area (Å²) < 4.78 is 4.97. The molecule has 0 spiro atoms. The average molecular weight is 403 g/mol. The van der Waals surface area contributed by atoms with Crippen molar-refractivity contribution in [1.82, 2.24) is 10.3 Å². The molecule has 0 saturated carbocycles. The molecule has 3 aromatic rings. The van der Waals surface area contributed by atoms with Crippen molar-refractivity contribution in [1.29, 1.82) is 0 Å². The maximum Gasteiger partial charge on any atom is 0.357 e. The lowest BCUT2D eigenvalue weighted by Crippen LogP contribution is -2.28. The van der Waals surface area contributed by atoms with Crippen molar-refractivity contribution in [2.24, 2.45) is 0 Å². The number of carbonyl (C=O) groups is 3. The molecular formula is C23H21N3O4. The fourth-order valence-corrected chi connectivity index (χ4v) is 2.76. The van der Waals surface area contributed by atoms with E-state index in [1.54, 1.807) is 36.4 Å². The molecule has 1 aromatic heterocycles. The Morgan fingerprint density at radius 2 is 1.63 bits per heavy atom. The molecule has 3 rings (SSSR count). The Bertz CT molecular complexity index is 1020. The summed E-state index contributed by atoms with van der Waals surface area (Å²) in [4.78, 5) is 40.7. The lowest BCUT2D eigenvalue weighted by molar-refractivity contribution is -0.119. The van der Waals surface area contributed by atoms with Crippen LogP contribution in [0, 0.1) is 0 Å². The Labute approximate surface area is 174 Å². The number of nitrogens with one attached hydrogen (secondary N) is 2. The number of hydrogen-bond donors (Lipinski definition) is 2. The van der Waals surface area contributed by atoms with E-state index in [1.165, 1.54) is 12.3 Å². The van der Waals surface area contributed by atoms with Gasteiger partial charge in [-0.25, -0.2) is 9.78 Å². The second-order valence-corrected chi connectivity index (χ2v) is 6.49. The normalized spacial score (nSPS) is 11.2. The summed E-state index contributed by atoms with van der Waals surface area (Å²) in [6.07, 6.45) is 1.46. The monoisotopic (exact) mass is 403 g/mol. The molecule has 7 heteroatoms. The minimum absolute atomic E-state index is 0.111. The quantitative estimate of drug-likeness (QED) is 0.590. The van der Waals surface area contributed by atoms with E-state index in [1.807, 2.05) is 37.3 Å². The number of carbonyl (C=O) groups excluding carboxylic acids is 3. The van der Waals surface area contributed by atoms with Gasteiger partial charge in [-0.1, -0.05) is 48.5 Å². The number of aromatic nitrogens is 1. The van der Waals surface area contributed by atoms with E-state index in [-0.39, 0.29) is 17.6 Å². The number of pyridine rings is 1. The molecule has 0 saturated heterocycles. The summed E-state index contributed by atoms with van der Waals surface area (Å²) in [5.74, 6) is -1.59. The summed E-state index contributed by atoms with van der Waals surface area (Å²) in [5, 5.41) is 5.53. The van der Waals surface area contributed by atoms with Gasteiger partial charge in [-0.3, -0.25) is 9.59 Å². The van der Waals surface area contributed by atoms with Gasteiger partial charge < -0.3 is 15.4 Å². The lowest BCUT2D eigenvalue weighted by Gasteiger charge is -2.16. The SMILES string of the molecule is C[C@@H](NC(=O)c1ccccc1NC(=O)COC(=O)c1ccccn1)c1ccccc1. The lowest BCUT2D eigenvalue weighted by atomic mass is 10.1. The van der Waals surface area contributed by atoms with Crippen molar-refractivity contribution < 1.29 is 19.1 Å². The van der Waals surface area contributed by atoms with Crippen LogP contribution in [0.5, 0.6) is 0 Å². The first kappa shape index (κ1) is 20.7. The highest BCUT2D eigenvalue weighted by atomic mass is 16.5. The Hall–Kier alpha value is -4.00. The number of para-hydroxylation sites is 1. The number of amides is 2. The van der Waals surface area contributed by atoms with Crippen LogP contribution >= 0.6 is 0 Å². The Morgan fingerprint density at radius 1 is 0.933 bits per heavy atom. The Kier molecular flexibility index (Phi) is 6.89. The minimum atomic E-state index is -0.700. The molecule has 2 amide bonds. The molecule has 30 heavy (non-hydrogen) atoms. The maximum absolute atomic E-state index is 12.7. The van der Waals surface area contributed by atoms with Gasteiger partial charge in [-0.05, 0) is 36.8 Å². The number of anilines is 1. The fourth-order valence-electron chi connectivity index (χ4n) is 2.76. The van der Waals surface area contributed by atoms with Gasteiger partial charge >= 0.3 is 5.97 Å². The number of esters is 1. The zero-order valence-electron chi connectivity index (χ0n) is 16.4.